The Labute approximate surface area is 129 Å². The van der Waals surface area contributed by atoms with Crippen molar-refractivity contribution in [1.82, 2.24) is 9.76 Å². The van der Waals surface area contributed by atoms with Gasteiger partial charge in [0, 0.05) is 45.7 Å². The summed E-state index contributed by atoms with van der Waals surface area (Å²) < 4.78 is 19.1. The van der Waals surface area contributed by atoms with Crippen LogP contribution in [0.2, 0.25) is 0 Å². The van der Waals surface area contributed by atoms with Crippen molar-refractivity contribution in [2.45, 2.75) is 33.4 Å². The van der Waals surface area contributed by atoms with Gasteiger partial charge in [0.25, 0.3) is 0 Å². The topological polar surface area (TPSA) is 71.0 Å². The van der Waals surface area contributed by atoms with Crippen molar-refractivity contribution in [2.24, 2.45) is 0 Å². The molecule has 1 rings (SSSR count). The summed E-state index contributed by atoms with van der Waals surface area (Å²) in [5, 5.41) is 11.4. The van der Waals surface area contributed by atoms with Gasteiger partial charge in [-0.05, 0) is 6.42 Å². The predicted octanol–water partition coefficient (Wildman–Crippen LogP) is 2.10. The van der Waals surface area contributed by atoms with Crippen LogP contribution >= 0.6 is 7.67 Å². The molecular formula is C9H22N2O4PY-. The minimum absolute atomic E-state index is 0. The largest absolute Gasteiger partial charge is 0.343 e. The number of hydrogen-bond acceptors (Lipinski definition) is 4. The van der Waals surface area contributed by atoms with Crippen molar-refractivity contribution in [3.8, 4) is 0 Å². The van der Waals surface area contributed by atoms with Crippen LogP contribution in [0.15, 0.2) is 0 Å². The third kappa shape index (κ3) is 5.33. The van der Waals surface area contributed by atoms with E-state index in [4.69, 9.17) is 9.78 Å². The zero-order valence-corrected chi connectivity index (χ0v) is 13.2. The van der Waals surface area contributed by atoms with Crippen LogP contribution in [0.1, 0.15) is 27.2 Å². The quantitative estimate of drug-likeness (QED) is 0.345. The molecule has 8 heteroatoms. The maximum absolute atomic E-state index is 12.3. The Kier molecular flexibility index (Phi) is 12.0. The molecule has 1 heterocycles. The fraction of sp³-hybridized carbons (Fsp3) is 0.889. The van der Waals surface area contributed by atoms with E-state index in [1.807, 2.05) is 6.92 Å². The maximum atomic E-state index is 12.3. The summed E-state index contributed by atoms with van der Waals surface area (Å²) in [6, 6.07) is 0. The molecule has 1 aliphatic heterocycles. The Morgan fingerprint density at radius 2 is 2.35 bits per heavy atom. The van der Waals surface area contributed by atoms with Gasteiger partial charge in [-0.15, -0.1) is 6.54 Å². The maximum Gasteiger partial charge on any atom is 0.343 e. The molecule has 101 valence electrons. The van der Waals surface area contributed by atoms with Crippen LogP contribution in [-0.2, 0) is 46.7 Å². The molecule has 1 fully saturated rings. The first-order valence-corrected chi connectivity index (χ1v) is 6.62. The SMILES string of the molecule is C.[CH2-]CNP1(=O)OCCC(OO)N1CCC.[Y]. The fourth-order valence-electron chi connectivity index (χ4n) is 1.56. The van der Waals surface area contributed by atoms with Gasteiger partial charge in [0.2, 0.25) is 0 Å². The van der Waals surface area contributed by atoms with E-state index >= 15 is 0 Å². The first-order valence-electron chi connectivity index (χ1n) is 5.04. The van der Waals surface area contributed by atoms with E-state index in [9.17, 15) is 4.57 Å². The number of nitrogens with one attached hydrogen (secondary N) is 1. The average molecular weight is 342 g/mol. The molecule has 0 spiro atoms. The summed E-state index contributed by atoms with van der Waals surface area (Å²) in [7, 11) is -3.08. The van der Waals surface area contributed by atoms with Crippen molar-refractivity contribution in [3.63, 3.8) is 0 Å². The van der Waals surface area contributed by atoms with Gasteiger partial charge in [0.1, 0.15) is 0 Å². The van der Waals surface area contributed by atoms with Crippen LogP contribution in [0.4, 0.5) is 0 Å². The van der Waals surface area contributed by atoms with Crippen LogP contribution < -0.4 is 5.09 Å². The molecule has 1 radical (unpaired) electrons. The second-order valence-electron chi connectivity index (χ2n) is 3.27. The second kappa shape index (κ2) is 9.99. The van der Waals surface area contributed by atoms with Crippen LogP contribution in [0.25, 0.3) is 0 Å². The van der Waals surface area contributed by atoms with Crippen molar-refractivity contribution >= 4 is 7.67 Å². The third-order valence-corrected chi connectivity index (χ3v) is 4.48. The normalized spacial score (nSPS) is 29.2. The minimum atomic E-state index is -3.08. The van der Waals surface area contributed by atoms with Crippen molar-refractivity contribution in [1.29, 1.82) is 0 Å². The Morgan fingerprint density at radius 3 is 2.82 bits per heavy atom. The van der Waals surface area contributed by atoms with Gasteiger partial charge in [-0.2, -0.15) is 4.67 Å². The smallest absolute Gasteiger partial charge is 0.329 e. The van der Waals surface area contributed by atoms with Gasteiger partial charge >= 0.3 is 7.67 Å². The van der Waals surface area contributed by atoms with Gasteiger partial charge < -0.3 is 11.4 Å². The van der Waals surface area contributed by atoms with Crippen LogP contribution in [0.3, 0.4) is 0 Å². The van der Waals surface area contributed by atoms with Gasteiger partial charge in [0.05, 0.1) is 6.61 Å². The van der Waals surface area contributed by atoms with Crippen molar-refractivity contribution in [2.75, 3.05) is 19.7 Å². The van der Waals surface area contributed by atoms with E-state index < -0.39 is 13.9 Å². The van der Waals surface area contributed by atoms with Crippen LogP contribution in [-0.4, -0.2) is 35.9 Å². The van der Waals surface area contributed by atoms with E-state index in [0.29, 0.717) is 26.1 Å². The van der Waals surface area contributed by atoms with Gasteiger partial charge in [-0.1, -0.05) is 14.4 Å². The Bertz CT molecular complexity index is 239. The molecule has 0 bridgehead atoms. The first-order chi connectivity index (χ1) is 7.18. The molecule has 2 N–H and O–H groups in total. The molecule has 1 aliphatic rings. The molecule has 0 saturated carbocycles. The van der Waals surface area contributed by atoms with Gasteiger partial charge in [-0.25, -0.2) is 4.89 Å². The molecule has 0 aromatic carbocycles. The summed E-state index contributed by atoms with van der Waals surface area (Å²) >= 11 is 0. The third-order valence-electron chi connectivity index (χ3n) is 2.19. The molecule has 0 aliphatic carbocycles. The minimum Gasteiger partial charge on any atom is -0.329 e. The van der Waals surface area contributed by atoms with Gasteiger partial charge in [0.15, 0.2) is 6.23 Å². The Hall–Kier alpha value is 1.13. The average Bonchev–Trinajstić information content (AvgIpc) is 2.22. The Balaban J connectivity index is 0. The summed E-state index contributed by atoms with van der Waals surface area (Å²) in [4.78, 5) is 4.31. The molecule has 1 saturated heterocycles. The summed E-state index contributed by atoms with van der Waals surface area (Å²) in [6.07, 6.45) is 0.731. The standard InChI is InChI=1S/C8H18N2O4P.CH4.Y/c1-3-6-10-8(14-11)5-7-13-15(10,12)9-4-2;;/h8,11H,2-7H2,1H3,(H,9,12);1H4;/q-1;;. The second-order valence-corrected chi connectivity index (χ2v) is 5.40. The number of nitrogens with zero attached hydrogens (tertiary/aromatic N) is 1. The number of hydrogen-bond donors (Lipinski definition) is 2. The van der Waals surface area contributed by atoms with E-state index in [0.717, 1.165) is 6.42 Å². The summed E-state index contributed by atoms with van der Waals surface area (Å²) in [6.45, 7) is 6.67. The van der Waals surface area contributed by atoms with E-state index in [2.05, 4.69) is 16.9 Å². The molecule has 6 nitrogen and oxygen atoms in total. The van der Waals surface area contributed by atoms with Gasteiger partial charge in [-0.3, -0.25) is 14.9 Å². The van der Waals surface area contributed by atoms with E-state index in [-0.39, 0.29) is 40.1 Å². The first kappa shape index (κ1) is 20.5. The molecule has 0 aromatic heterocycles. The van der Waals surface area contributed by atoms with Crippen molar-refractivity contribution in [3.05, 3.63) is 6.92 Å². The van der Waals surface area contributed by atoms with E-state index in [1.165, 1.54) is 4.67 Å². The Morgan fingerprint density at radius 1 is 1.71 bits per heavy atom. The molecular weight excluding hydrogens is 320 g/mol. The zero-order chi connectivity index (χ0) is 11.3. The number of rotatable bonds is 5. The van der Waals surface area contributed by atoms with Crippen LogP contribution in [0.5, 0.6) is 0 Å². The van der Waals surface area contributed by atoms with Crippen molar-refractivity contribution < 1.29 is 51.9 Å². The molecule has 2 atom stereocenters. The molecule has 17 heavy (non-hydrogen) atoms. The molecule has 2 unspecified atom stereocenters. The van der Waals surface area contributed by atoms with E-state index in [1.54, 1.807) is 0 Å². The monoisotopic (exact) mass is 342 g/mol. The molecule has 0 aromatic rings. The van der Waals surface area contributed by atoms with Crippen LogP contribution in [0, 0.1) is 6.92 Å². The summed E-state index contributed by atoms with van der Waals surface area (Å²) in [5.74, 6) is 0. The fourth-order valence-corrected chi connectivity index (χ4v) is 3.58. The molecule has 0 amide bonds. The summed E-state index contributed by atoms with van der Waals surface area (Å²) in [5.41, 5.74) is 0. The predicted molar refractivity (Wildman–Crippen MR) is 62.8 cm³/mol. The zero-order valence-electron chi connectivity index (χ0n) is 9.46.